The molecule has 1 aromatic rings. The maximum atomic E-state index is 12.9. The number of fused-ring (bicyclic) bond motifs is 1. The molecular weight excluding hydrogens is 329 g/mol. The Morgan fingerprint density at radius 3 is 2.67 bits per heavy atom. The van der Waals surface area contributed by atoms with E-state index in [1.807, 2.05) is 0 Å². The molecule has 9 heteroatoms. The summed E-state index contributed by atoms with van der Waals surface area (Å²) in [4.78, 5) is 23.4. The smallest absolute Gasteiger partial charge is 0.416 e. The van der Waals surface area contributed by atoms with E-state index in [0.29, 0.717) is 5.69 Å². The monoisotopic (exact) mass is 346 g/mol. The number of carbonyl (C=O) groups is 2. The van der Waals surface area contributed by atoms with Crippen LogP contribution in [0.25, 0.3) is 0 Å². The van der Waals surface area contributed by atoms with E-state index in [1.54, 1.807) is 6.92 Å². The van der Waals surface area contributed by atoms with Crippen molar-refractivity contribution < 1.29 is 32.2 Å². The van der Waals surface area contributed by atoms with Gasteiger partial charge in [0.2, 0.25) is 0 Å². The summed E-state index contributed by atoms with van der Waals surface area (Å²) in [6.45, 7) is 1.82. The van der Waals surface area contributed by atoms with Crippen molar-refractivity contribution in [3.63, 3.8) is 0 Å². The van der Waals surface area contributed by atoms with E-state index in [9.17, 15) is 22.8 Å². The van der Waals surface area contributed by atoms with Crippen molar-refractivity contribution in [1.82, 2.24) is 5.32 Å². The number of alkyl carbamates (subject to hydrolysis) is 1. The number of benzene rings is 1. The number of ether oxygens (including phenoxy) is 2. The van der Waals surface area contributed by atoms with Crippen LogP contribution < -0.4 is 10.6 Å². The normalized spacial score (nSPS) is 19.7. The first-order valence-electron chi connectivity index (χ1n) is 7.25. The van der Waals surface area contributed by atoms with E-state index in [0.717, 1.165) is 19.2 Å². The minimum Gasteiger partial charge on any atom is -0.464 e. The summed E-state index contributed by atoms with van der Waals surface area (Å²) < 4.78 is 48.2. The van der Waals surface area contributed by atoms with Crippen molar-refractivity contribution in [3.05, 3.63) is 29.3 Å². The highest BCUT2D eigenvalue weighted by atomic mass is 19.4. The number of hydrogen-bond acceptors (Lipinski definition) is 5. The zero-order valence-electron chi connectivity index (χ0n) is 13.1. The van der Waals surface area contributed by atoms with E-state index >= 15 is 0 Å². The number of hydrogen-bond donors (Lipinski definition) is 2. The first-order valence-corrected chi connectivity index (χ1v) is 7.25. The summed E-state index contributed by atoms with van der Waals surface area (Å²) >= 11 is 0. The van der Waals surface area contributed by atoms with Crippen molar-refractivity contribution in [3.8, 4) is 0 Å². The van der Waals surface area contributed by atoms with Crippen LogP contribution in [0.5, 0.6) is 0 Å². The molecule has 2 atom stereocenters. The Hall–Kier alpha value is -2.45. The molecule has 0 bridgehead atoms. The van der Waals surface area contributed by atoms with Gasteiger partial charge < -0.3 is 20.1 Å². The second kappa shape index (κ2) is 6.98. The van der Waals surface area contributed by atoms with Crippen LogP contribution in [0.3, 0.4) is 0 Å². The first-order chi connectivity index (χ1) is 11.3. The van der Waals surface area contributed by atoms with Crippen LogP contribution in [0.15, 0.2) is 18.2 Å². The highest BCUT2D eigenvalue weighted by Gasteiger charge is 2.36. The minimum absolute atomic E-state index is 0.0439. The number of amides is 1. The molecule has 2 N–H and O–H groups in total. The van der Waals surface area contributed by atoms with Gasteiger partial charge in [0.05, 0.1) is 25.3 Å². The van der Waals surface area contributed by atoms with E-state index < -0.39 is 35.9 Å². The van der Waals surface area contributed by atoms with Gasteiger partial charge in [0.25, 0.3) is 0 Å². The first kappa shape index (κ1) is 17.9. The Labute approximate surface area is 136 Å². The van der Waals surface area contributed by atoms with Gasteiger partial charge in [0, 0.05) is 12.1 Å². The molecule has 0 saturated heterocycles. The van der Waals surface area contributed by atoms with Gasteiger partial charge in [-0.2, -0.15) is 13.2 Å². The van der Waals surface area contributed by atoms with Gasteiger partial charge in [-0.05, 0) is 30.7 Å². The van der Waals surface area contributed by atoms with Gasteiger partial charge in [-0.3, -0.25) is 0 Å². The van der Waals surface area contributed by atoms with Crippen LogP contribution in [0.4, 0.5) is 23.7 Å². The Kier molecular flexibility index (Phi) is 5.20. The van der Waals surface area contributed by atoms with Crippen molar-refractivity contribution in [2.75, 3.05) is 19.0 Å². The fourth-order valence-corrected chi connectivity index (χ4v) is 2.50. The number of rotatable bonds is 3. The molecule has 132 valence electrons. The summed E-state index contributed by atoms with van der Waals surface area (Å²) in [6, 6.07) is 1.50. The topological polar surface area (TPSA) is 76.7 Å². The van der Waals surface area contributed by atoms with Crippen molar-refractivity contribution >= 4 is 17.7 Å². The van der Waals surface area contributed by atoms with Gasteiger partial charge in [-0.1, -0.05) is 0 Å². The second-order valence-electron chi connectivity index (χ2n) is 5.17. The number of carbonyl (C=O) groups excluding carboxylic acids is 2. The molecule has 24 heavy (non-hydrogen) atoms. The molecule has 1 amide bonds. The summed E-state index contributed by atoms with van der Waals surface area (Å²) in [7, 11) is 1.15. The average Bonchev–Trinajstić information content (AvgIpc) is 2.53. The summed E-state index contributed by atoms with van der Waals surface area (Å²) in [5.41, 5.74) is -0.279. The number of alkyl halides is 3. The standard InChI is InChI=1S/C15H17F3N2O4/c1-3-24-13(21)12-7-11(20-14(22)23-2)9-6-8(15(16,17)18)4-5-10(9)19-12/h4-6,11-12,19H,3,7H2,1-2H3,(H,20,22)/t11-,12+/m0/s1. The predicted molar refractivity (Wildman–Crippen MR) is 78.4 cm³/mol. The van der Waals surface area contributed by atoms with Gasteiger partial charge in [0.15, 0.2) is 0 Å². The lowest BCUT2D eigenvalue weighted by atomic mass is 9.91. The highest BCUT2D eigenvalue weighted by molar-refractivity contribution is 5.81. The third-order valence-corrected chi connectivity index (χ3v) is 3.60. The predicted octanol–water partition coefficient (Wildman–Crippen LogP) is 2.85. The summed E-state index contributed by atoms with van der Waals surface area (Å²) in [6.07, 6.45) is -5.27. The zero-order chi connectivity index (χ0) is 17.9. The fourth-order valence-electron chi connectivity index (χ4n) is 2.50. The summed E-state index contributed by atoms with van der Waals surface area (Å²) in [5, 5.41) is 5.30. The largest absolute Gasteiger partial charge is 0.464 e. The summed E-state index contributed by atoms with van der Waals surface area (Å²) in [5.74, 6) is -0.542. The third kappa shape index (κ3) is 3.90. The van der Waals surface area contributed by atoms with Gasteiger partial charge in [-0.25, -0.2) is 9.59 Å². The maximum Gasteiger partial charge on any atom is 0.416 e. The Balaban J connectivity index is 2.37. The number of nitrogens with one attached hydrogen (secondary N) is 2. The molecule has 1 heterocycles. The lowest BCUT2D eigenvalue weighted by Gasteiger charge is -2.32. The molecule has 6 nitrogen and oxygen atoms in total. The van der Waals surface area contributed by atoms with Gasteiger partial charge in [0.1, 0.15) is 6.04 Å². The van der Waals surface area contributed by atoms with Crippen LogP contribution in [-0.4, -0.2) is 31.8 Å². The Morgan fingerprint density at radius 2 is 2.08 bits per heavy atom. The number of anilines is 1. The van der Waals surface area contributed by atoms with E-state index in [2.05, 4.69) is 15.4 Å². The molecule has 0 aliphatic carbocycles. The second-order valence-corrected chi connectivity index (χ2v) is 5.17. The molecule has 0 unspecified atom stereocenters. The van der Waals surface area contributed by atoms with Crippen molar-refractivity contribution in [2.45, 2.75) is 31.6 Å². The van der Waals surface area contributed by atoms with Crippen LogP contribution in [-0.2, 0) is 20.4 Å². The zero-order valence-corrected chi connectivity index (χ0v) is 13.1. The number of halogens is 3. The van der Waals surface area contributed by atoms with Crippen LogP contribution in [0.1, 0.15) is 30.5 Å². The fraction of sp³-hybridized carbons (Fsp3) is 0.467. The van der Waals surface area contributed by atoms with E-state index in [1.165, 1.54) is 6.07 Å². The molecule has 1 aliphatic heterocycles. The van der Waals surface area contributed by atoms with Crippen molar-refractivity contribution in [1.29, 1.82) is 0 Å². The molecule has 2 rings (SSSR count). The molecule has 0 fully saturated rings. The number of esters is 1. The molecule has 0 spiro atoms. The molecule has 0 saturated carbocycles. The SMILES string of the molecule is CCOC(=O)[C@H]1C[C@H](NC(=O)OC)c2cc(C(F)(F)F)ccc2N1. The average molecular weight is 346 g/mol. The van der Waals surface area contributed by atoms with Crippen LogP contribution in [0.2, 0.25) is 0 Å². The van der Waals surface area contributed by atoms with Crippen LogP contribution in [0, 0.1) is 0 Å². The number of methoxy groups -OCH3 is 1. The third-order valence-electron chi connectivity index (χ3n) is 3.60. The van der Waals surface area contributed by atoms with E-state index in [-0.39, 0.29) is 18.6 Å². The van der Waals surface area contributed by atoms with Crippen molar-refractivity contribution in [2.24, 2.45) is 0 Å². The van der Waals surface area contributed by atoms with Gasteiger partial charge >= 0.3 is 18.2 Å². The molecule has 0 aromatic heterocycles. The highest BCUT2D eigenvalue weighted by Crippen LogP contribution is 2.38. The molecular formula is C15H17F3N2O4. The lowest BCUT2D eigenvalue weighted by molar-refractivity contribution is -0.144. The van der Waals surface area contributed by atoms with E-state index in [4.69, 9.17) is 4.74 Å². The quantitative estimate of drug-likeness (QED) is 0.823. The van der Waals surface area contributed by atoms with Crippen LogP contribution >= 0.6 is 0 Å². The molecule has 1 aliphatic rings. The molecule has 1 aromatic carbocycles. The van der Waals surface area contributed by atoms with Gasteiger partial charge in [-0.15, -0.1) is 0 Å². The lowest BCUT2D eigenvalue weighted by Crippen LogP contribution is -2.42. The maximum absolute atomic E-state index is 12.9. The Bertz CT molecular complexity index is 634. The molecule has 0 radical (unpaired) electrons. The minimum atomic E-state index is -4.51. The Morgan fingerprint density at radius 1 is 1.38 bits per heavy atom.